The zero-order valence-electron chi connectivity index (χ0n) is 16.7. The van der Waals surface area contributed by atoms with Gasteiger partial charge in [0.05, 0.1) is 0 Å². The average Bonchev–Trinajstić information content (AvgIpc) is 2.72. The lowest BCUT2D eigenvalue weighted by atomic mass is 10.1. The number of halogens is 2. The number of nitrogens with zero attached hydrogens (tertiary/aromatic N) is 1. The minimum Gasteiger partial charge on any atom is -0.484 e. The second kappa shape index (κ2) is 11.7. The lowest BCUT2D eigenvalue weighted by Gasteiger charge is -2.29. The van der Waals surface area contributed by atoms with E-state index in [2.05, 4.69) is 12.2 Å². The van der Waals surface area contributed by atoms with Crippen molar-refractivity contribution in [1.29, 1.82) is 0 Å². The number of nitrogens with one attached hydrogen (secondary N) is 1. The van der Waals surface area contributed by atoms with E-state index in [1.165, 1.54) is 4.90 Å². The van der Waals surface area contributed by atoms with Gasteiger partial charge in [-0.15, -0.1) is 0 Å². The van der Waals surface area contributed by atoms with Gasteiger partial charge in [0, 0.05) is 23.1 Å². The van der Waals surface area contributed by atoms with Gasteiger partial charge < -0.3 is 15.0 Å². The number of carbonyl (C=O) groups excluding carboxylic acids is 2. The molecule has 7 heteroatoms. The van der Waals surface area contributed by atoms with Gasteiger partial charge in [0.25, 0.3) is 5.91 Å². The van der Waals surface area contributed by atoms with Crippen LogP contribution in [0.15, 0.2) is 48.5 Å². The number of ether oxygens (including phenoxy) is 1. The van der Waals surface area contributed by atoms with Gasteiger partial charge in [0.15, 0.2) is 6.61 Å². The van der Waals surface area contributed by atoms with Crippen LogP contribution in [-0.2, 0) is 16.1 Å². The molecule has 1 N–H and O–H groups in total. The molecule has 0 bridgehead atoms. The molecule has 0 aliphatic heterocycles. The number of rotatable bonds is 10. The fourth-order valence-corrected chi connectivity index (χ4v) is 3.01. The topological polar surface area (TPSA) is 58.6 Å². The van der Waals surface area contributed by atoms with Crippen molar-refractivity contribution in [3.8, 4) is 5.75 Å². The van der Waals surface area contributed by atoms with E-state index >= 15 is 0 Å². The normalized spacial score (nSPS) is 11.6. The minimum atomic E-state index is -0.663. The maximum absolute atomic E-state index is 12.9. The van der Waals surface area contributed by atoms with Gasteiger partial charge in [0.2, 0.25) is 5.91 Å². The summed E-state index contributed by atoms with van der Waals surface area (Å²) < 4.78 is 5.59. The van der Waals surface area contributed by atoms with Crippen LogP contribution in [0.4, 0.5) is 0 Å². The van der Waals surface area contributed by atoms with Crippen LogP contribution in [0.25, 0.3) is 0 Å². The van der Waals surface area contributed by atoms with E-state index in [9.17, 15) is 9.59 Å². The van der Waals surface area contributed by atoms with E-state index in [0.717, 1.165) is 18.4 Å². The summed E-state index contributed by atoms with van der Waals surface area (Å²) in [7, 11) is 0. The summed E-state index contributed by atoms with van der Waals surface area (Å²) in [6.07, 6.45) is 1.86. The third-order valence-corrected chi connectivity index (χ3v) is 5.09. The summed E-state index contributed by atoms with van der Waals surface area (Å²) in [5.41, 5.74) is 0.766. The smallest absolute Gasteiger partial charge is 0.261 e. The van der Waals surface area contributed by atoms with Crippen LogP contribution < -0.4 is 10.1 Å². The molecule has 0 aliphatic carbocycles. The molecular weight excluding hydrogens is 411 g/mol. The molecule has 0 fully saturated rings. The number of benzene rings is 2. The Balaban J connectivity index is 2.11. The monoisotopic (exact) mass is 436 g/mol. The molecule has 0 spiro atoms. The molecule has 0 aromatic heterocycles. The van der Waals surface area contributed by atoms with E-state index in [4.69, 9.17) is 27.9 Å². The number of carbonyl (C=O) groups is 2. The molecule has 156 valence electrons. The standard InChI is InChI=1S/C22H26Cl2N2O3/c1-3-4-13-25-22(28)16(2)26(14-17-7-5-6-8-20(17)24)21(27)15-29-19-11-9-18(23)10-12-19/h5-12,16H,3-4,13-15H2,1-2H3,(H,25,28). The number of unbranched alkanes of at least 4 members (excludes halogenated alkanes) is 1. The SMILES string of the molecule is CCCCNC(=O)C(C)N(Cc1ccccc1Cl)C(=O)COc1ccc(Cl)cc1. The highest BCUT2D eigenvalue weighted by Crippen LogP contribution is 2.20. The first kappa shape index (κ1) is 23.0. The summed E-state index contributed by atoms with van der Waals surface area (Å²) in [6.45, 7) is 4.35. The molecule has 0 saturated carbocycles. The van der Waals surface area contributed by atoms with Crippen LogP contribution in [0.2, 0.25) is 10.0 Å². The second-order valence-corrected chi connectivity index (χ2v) is 7.52. The lowest BCUT2D eigenvalue weighted by Crippen LogP contribution is -2.49. The Hall–Kier alpha value is -2.24. The summed E-state index contributed by atoms with van der Waals surface area (Å²) in [5, 5.41) is 4.01. The van der Waals surface area contributed by atoms with Crippen LogP contribution >= 0.6 is 23.2 Å². The fraction of sp³-hybridized carbons (Fsp3) is 0.364. The van der Waals surface area contributed by atoms with Gasteiger partial charge in [0.1, 0.15) is 11.8 Å². The maximum atomic E-state index is 12.9. The Morgan fingerprint density at radius 1 is 1.10 bits per heavy atom. The van der Waals surface area contributed by atoms with Crippen LogP contribution in [-0.4, -0.2) is 35.9 Å². The predicted octanol–water partition coefficient (Wildman–Crippen LogP) is 4.71. The van der Waals surface area contributed by atoms with Crippen molar-refractivity contribution in [2.24, 2.45) is 0 Å². The van der Waals surface area contributed by atoms with Gasteiger partial charge in [-0.25, -0.2) is 0 Å². The first-order valence-corrected chi connectivity index (χ1v) is 10.4. The molecule has 2 aromatic carbocycles. The Morgan fingerprint density at radius 2 is 1.79 bits per heavy atom. The number of hydrogen-bond donors (Lipinski definition) is 1. The van der Waals surface area contributed by atoms with Crippen LogP contribution in [0.3, 0.4) is 0 Å². The van der Waals surface area contributed by atoms with E-state index in [1.54, 1.807) is 37.3 Å². The maximum Gasteiger partial charge on any atom is 0.261 e. The van der Waals surface area contributed by atoms with Crippen molar-refractivity contribution in [1.82, 2.24) is 10.2 Å². The van der Waals surface area contributed by atoms with Crippen LogP contribution in [0, 0.1) is 0 Å². The third-order valence-electron chi connectivity index (χ3n) is 4.47. The first-order chi connectivity index (χ1) is 13.9. The van der Waals surface area contributed by atoms with Crippen molar-refractivity contribution < 1.29 is 14.3 Å². The van der Waals surface area contributed by atoms with E-state index in [0.29, 0.717) is 22.3 Å². The second-order valence-electron chi connectivity index (χ2n) is 6.68. The van der Waals surface area contributed by atoms with Crippen molar-refractivity contribution >= 4 is 35.0 Å². The van der Waals surface area contributed by atoms with E-state index in [-0.39, 0.29) is 25.0 Å². The molecule has 5 nitrogen and oxygen atoms in total. The summed E-state index contributed by atoms with van der Waals surface area (Å²) >= 11 is 12.1. The van der Waals surface area contributed by atoms with Gasteiger partial charge in [-0.1, -0.05) is 54.7 Å². The molecule has 0 heterocycles. The number of hydrogen-bond acceptors (Lipinski definition) is 3. The van der Waals surface area contributed by atoms with E-state index < -0.39 is 6.04 Å². The largest absolute Gasteiger partial charge is 0.484 e. The Morgan fingerprint density at radius 3 is 2.45 bits per heavy atom. The third kappa shape index (κ3) is 7.26. The zero-order valence-corrected chi connectivity index (χ0v) is 18.2. The molecule has 2 rings (SSSR count). The molecule has 0 saturated heterocycles. The van der Waals surface area contributed by atoms with Crippen LogP contribution in [0.1, 0.15) is 32.3 Å². The average molecular weight is 437 g/mol. The molecule has 0 aliphatic rings. The van der Waals surface area contributed by atoms with Gasteiger partial charge in [-0.05, 0) is 49.2 Å². The molecule has 2 amide bonds. The highest BCUT2D eigenvalue weighted by atomic mass is 35.5. The zero-order chi connectivity index (χ0) is 21.2. The summed E-state index contributed by atoms with van der Waals surface area (Å²) in [6, 6.07) is 13.4. The van der Waals surface area contributed by atoms with E-state index in [1.807, 2.05) is 18.2 Å². The fourth-order valence-electron chi connectivity index (χ4n) is 2.69. The summed E-state index contributed by atoms with van der Waals surface area (Å²) in [4.78, 5) is 27.0. The highest BCUT2D eigenvalue weighted by Gasteiger charge is 2.26. The van der Waals surface area contributed by atoms with Crippen molar-refractivity contribution in [3.63, 3.8) is 0 Å². The summed E-state index contributed by atoms with van der Waals surface area (Å²) in [5.74, 6) is 0.0175. The molecule has 29 heavy (non-hydrogen) atoms. The molecule has 0 radical (unpaired) electrons. The van der Waals surface area contributed by atoms with Gasteiger partial charge in [-0.2, -0.15) is 0 Å². The lowest BCUT2D eigenvalue weighted by molar-refractivity contribution is -0.142. The molecule has 1 atom stereocenters. The van der Waals surface area contributed by atoms with Crippen molar-refractivity contribution in [2.45, 2.75) is 39.3 Å². The number of amides is 2. The molecular formula is C22H26Cl2N2O3. The van der Waals surface area contributed by atoms with Gasteiger partial charge in [-0.3, -0.25) is 9.59 Å². The van der Waals surface area contributed by atoms with Gasteiger partial charge >= 0.3 is 0 Å². The van der Waals surface area contributed by atoms with Crippen molar-refractivity contribution in [2.75, 3.05) is 13.2 Å². The minimum absolute atomic E-state index is 0.196. The van der Waals surface area contributed by atoms with Crippen LogP contribution in [0.5, 0.6) is 5.75 Å². The Labute approximate surface area is 181 Å². The Bertz CT molecular complexity index is 812. The molecule has 2 aromatic rings. The first-order valence-electron chi connectivity index (χ1n) is 9.61. The highest BCUT2D eigenvalue weighted by molar-refractivity contribution is 6.31. The van der Waals surface area contributed by atoms with Crippen molar-refractivity contribution in [3.05, 3.63) is 64.1 Å². The predicted molar refractivity (Wildman–Crippen MR) is 116 cm³/mol. The molecule has 1 unspecified atom stereocenters. The quantitative estimate of drug-likeness (QED) is 0.548. The Kier molecular flexibility index (Phi) is 9.29.